The summed E-state index contributed by atoms with van der Waals surface area (Å²) in [5.41, 5.74) is -0.378. The van der Waals surface area contributed by atoms with Gasteiger partial charge >= 0.3 is 5.97 Å². The highest BCUT2D eigenvalue weighted by Crippen LogP contribution is 2.17. The Morgan fingerprint density at radius 2 is 2.38 bits per heavy atom. The van der Waals surface area contributed by atoms with Gasteiger partial charge in [0.15, 0.2) is 5.13 Å². The fourth-order valence-corrected chi connectivity index (χ4v) is 2.32. The number of thiazole rings is 1. The van der Waals surface area contributed by atoms with Gasteiger partial charge in [0.25, 0.3) is 5.91 Å². The molecule has 2 heterocycles. The molecule has 1 aliphatic rings. The molecule has 0 radical (unpaired) electrons. The largest absolute Gasteiger partial charge is 0.476 e. The molecular formula is C11H12N4O5S. The first-order valence-corrected chi connectivity index (χ1v) is 6.83. The van der Waals surface area contributed by atoms with Crippen LogP contribution in [0, 0.1) is 0 Å². The van der Waals surface area contributed by atoms with E-state index in [4.69, 9.17) is 9.94 Å². The van der Waals surface area contributed by atoms with Crippen LogP contribution in [-0.2, 0) is 19.2 Å². The molecule has 0 bridgehead atoms. The lowest BCUT2D eigenvalue weighted by Crippen LogP contribution is -2.25. The number of aromatic nitrogens is 1. The van der Waals surface area contributed by atoms with Crippen molar-refractivity contribution in [3.05, 3.63) is 11.1 Å². The SMILES string of the molecule is CC(=O)Nc1nc(C(=NOC2CCNC2=O)C(=O)O)cs1. The molecule has 0 saturated carbocycles. The summed E-state index contributed by atoms with van der Waals surface area (Å²) in [6.45, 7) is 1.78. The topological polar surface area (TPSA) is 130 Å². The first-order chi connectivity index (χ1) is 9.97. The molecule has 0 spiro atoms. The summed E-state index contributed by atoms with van der Waals surface area (Å²) in [7, 11) is 0. The van der Waals surface area contributed by atoms with Crippen LogP contribution >= 0.6 is 11.3 Å². The quantitative estimate of drug-likeness (QED) is 0.509. The number of carboxylic acid groups (broad SMARTS) is 1. The fraction of sp³-hybridized carbons (Fsp3) is 0.364. The van der Waals surface area contributed by atoms with Gasteiger partial charge in [-0.1, -0.05) is 5.16 Å². The molecule has 1 fully saturated rings. The number of carboxylic acids is 1. The number of rotatable bonds is 5. The van der Waals surface area contributed by atoms with Crippen LogP contribution in [0.3, 0.4) is 0 Å². The van der Waals surface area contributed by atoms with E-state index in [2.05, 4.69) is 20.8 Å². The highest BCUT2D eigenvalue weighted by atomic mass is 32.1. The summed E-state index contributed by atoms with van der Waals surface area (Å²) >= 11 is 1.06. The van der Waals surface area contributed by atoms with Gasteiger partial charge in [-0.15, -0.1) is 11.3 Å². The Labute approximate surface area is 123 Å². The minimum Gasteiger partial charge on any atom is -0.476 e. The van der Waals surface area contributed by atoms with E-state index >= 15 is 0 Å². The van der Waals surface area contributed by atoms with Crippen LogP contribution in [-0.4, -0.2) is 46.2 Å². The van der Waals surface area contributed by atoms with Gasteiger partial charge in [0, 0.05) is 25.3 Å². The number of anilines is 1. The fourth-order valence-electron chi connectivity index (χ4n) is 1.57. The Kier molecular flexibility index (Phi) is 4.48. The van der Waals surface area contributed by atoms with E-state index < -0.39 is 17.8 Å². The standard InChI is InChI=1S/C11H12N4O5S/c1-5(16)13-11-14-6(4-21-11)8(10(18)19)15-20-7-2-3-12-9(7)17/h4,7H,2-3H2,1H3,(H,12,17)(H,18,19)(H,13,14,16). The second-order valence-electron chi connectivity index (χ2n) is 4.14. The molecule has 1 unspecified atom stereocenters. The number of amides is 2. The van der Waals surface area contributed by atoms with E-state index in [1.54, 1.807) is 0 Å². The smallest absolute Gasteiger partial charge is 0.360 e. The van der Waals surface area contributed by atoms with Gasteiger partial charge in [-0.3, -0.25) is 9.59 Å². The molecule has 1 aliphatic heterocycles. The van der Waals surface area contributed by atoms with E-state index in [0.717, 1.165) is 11.3 Å². The van der Waals surface area contributed by atoms with Gasteiger partial charge in [-0.05, 0) is 0 Å². The molecule has 112 valence electrons. The molecule has 10 heteroatoms. The molecule has 21 heavy (non-hydrogen) atoms. The van der Waals surface area contributed by atoms with Gasteiger partial charge in [0.1, 0.15) is 5.69 Å². The molecule has 1 atom stereocenters. The van der Waals surface area contributed by atoms with Crippen molar-refractivity contribution in [2.75, 3.05) is 11.9 Å². The van der Waals surface area contributed by atoms with Gasteiger partial charge in [0.2, 0.25) is 17.7 Å². The number of oxime groups is 1. The molecule has 0 aliphatic carbocycles. The average molecular weight is 312 g/mol. The highest BCUT2D eigenvalue weighted by molar-refractivity contribution is 7.14. The van der Waals surface area contributed by atoms with Crippen LogP contribution in [0.25, 0.3) is 0 Å². The van der Waals surface area contributed by atoms with Gasteiger partial charge in [-0.25, -0.2) is 9.78 Å². The molecule has 9 nitrogen and oxygen atoms in total. The minimum absolute atomic E-state index is 0.0506. The third kappa shape index (κ3) is 3.75. The normalized spacial score (nSPS) is 18.2. The van der Waals surface area contributed by atoms with Crippen LogP contribution < -0.4 is 10.6 Å². The van der Waals surface area contributed by atoms with Crippen molar-refractivity contribution in [3.8, 4) is 0 Å². The number of aliphatic carboxylic acids is 1. The van der Waals surface area contributed by atoms with Crippen molar-refractivity contribution in [3.63, 3.8) is 0 Å². The number of hydrogen-bond acceptors (Lipinski definition) is 7. The molecule has 3 N–H and O–H groups in total. The monoisotopic (exact) mass is 312 g/mol. The first-order valence-electron chi connectivity index (χ1n) is 5.95. The molecular weight excluding hydrogens is 300 g/mol. The Balaban J connectivity index is 2.14. The molecule has 1 aromatic heterocycles. The van der Waals surface area contributed by atoms with E-state index in [1.165, 1.54) is 12.3 Å². The lowest BCUT2D eigenvalue weighted by molar-refractivity contribution is -0.131. The summed E-state index contributed by atoms with van der Waals surface area (Å²) in [6.07, 6.45) is -0.378. The summed E-state index contributed by atoms with van der Waals surface area (Å²) in [5, 5.41) is 19.3. The van der Waals surface area contributed by atoms with Gasteiger partial charge in [-0.2, -0.15) is 0 Å². The summed E-state index contributed by atoms with van der Waals surface area (Å²) < 4.78 is 0. The first kappa shape index (κ1) is 14.9. The Morgan fingerprint density at radius 3 is 2.95 bits per heavy atom. The maximum atomic E-state index is 11.3. The third-order valence-corrected chi connectivity index (χ3v) is 3.26. The molecule has 2 rings (SSSR count). The molecule has 2 amide bonds. The van der Waals surface area contributed by atoms with E-state index in [9.17, 15) is 14.4 Å². The predicted molar refractivity (Wildman–Crippen MR) is 73.1 cm³/mol. The maximum Gasteiger partial charge on any atom is 0.360 e. The number of carbonyl (C=O) groups is 3. The number of nitrogens with zero attached hydrogens (tertiary/aromatic N) is 2. The molecule has 1 aromatic rings. The zero-order valence-electron chi connectivity index (χ0n) is 11.0. The van der Waals surface area contributed by atoms with Crippen molar-refractivity contribution in [2.24, 2.45) is 5.16 Å². The van der Waals surface area contributed by atoms with Crippen LogP contribution in [0.4, 0.5) is 5.13 Å². The zero-order valence-corrected chi connectivity index (χ0v) is 11.8. The van der Waals surface area contributed by atoms with Gasteiger partial charge in [0.05, 0.1) is 0 Å². The highest BCUT2D eigenvalue weighted by Gasteiger charge is 2.27. The Bertz CT molecular complexity index is 612. The zero-order chi connectivity index (χ0) is 15.4. The summed E-state index contributed by atoms with van der Waals surface area (Å²) in [4.78, 5) is 42.3. The van der Waals surface area contributed by atoms with Crippen LogP contribution in [0.5, 0.6) is 0 Å². The van der Waals surface area contributed by atoms with Gasteiger partial charge < -0.3 is 20.6 Å². The summed E-state index contributed by atoms with van der Waals surface area (Å²) in [5.74, 6) is -1.99. The maximum absolute atomic E-state index is 11.3. The molecule has 0 aromatic carbocycles. The molecule has 1 saturated heterocycles. The predicted octanol–water partition coefficient (Wildman–Crippen LogP) is -0.205. The van der Waals surface area contributed by atoms with Crippen LogP contribution in [0.15, 0.2) is 10.5 Å². The van der Waals surface area contributed by atoms with E-state index in [1.807, 2.05) is 0 Å². The van der Waals surface area contributed by atoms with Crippen molar-refractivity contribution in [2.45, 2.75) is 19.4 Å². The number of hydrogen-bond donors (Lipinski definition) is 3. The summed E-state index contributed by atoms with van der Waals surface area (Å²) in [6, 6.07) is 0. The number of nitrogens with one attached hydrogen (secondary N) is 2. The second kappa shape index (κ2) is 6.31. The average Bonchev–Trinajstić information content (AvgIpc) is 2.99. The Morgan fingerprint density at radius 1 is 1.62 bits per heavy atom. The van der Waals surface area contributed by atoms with Crippen molar-refractivity contribution in [1.82, 2.24) is 10.3 Å². The van der Waals surface area contributed by atoms with Crippen LogP contribution in [0.2, 0.25) is 0 Å². The lowest BCUT2D eigenvalue weighted by atomic mass is 10.3. The van der Waals surface area contributed by atoms with Crippen molar-refractivity contribution < 1.29 is 24.3 Å². The van der Waals surface area contributed by atoms with Crippen molar-refractivity contribution in [1.29, 1.82) is 0 Å². The van der Waals surface area contributed by atoms with Crippen molar-refractivity contribution >= 4 is 40.0 Å². The Hall–Kier alpha value is -2.49. The number of carbonyl (C=O) groups excluding carboxylic acids is 2. The minimum atomic E-state index is -1.34. The lowest BCUT2D eigenvalue weighted by Gasteiger charge is -2.05. The third-order valence-electron chi connectivity index (χ3n) is 2.50. The van der Waals surface area contributed by atoms with E-state index in [-0.39, 0.29) is 22.6 Å². The van der Waals surface area contributed by atoms with Crippen LogP contribution in [0.1, 0.15) is 19.0 Å². The van der Waals surface area contributed by atoms with E-state index in [0.29, 0.717) is 13.0 Å². The second-order valence-corrected chi connectivity index (χ2v) is 5.00.